The fourth-order valence-corrected chi connectivity index (χ4v) is 3.12. The van der Waals surface area contributed by atoms with Crippen LogP contribution in [0.3, 0.4) is 0 Å². The largest absolute Gasteiger partial charge is 0.435 e. The molecule has 2 aromatic rings. The summed E-state index contributed by atoms with van der Waals surface area (Å²) in [6.45, 7) is 1.64. The molecule has 1 heterocycles. The summed E-state index contributed by atoms with van der Waals surface area (Å²) in [6, 6.07) is 9.17. The lowest BCUT2D eigenvalue weighted by Crippen LogP contribution is -2.31. The lowest BCUT2D eigenvalue weighted by molar-refractivity contribution is -0.142. The lowest BCUT2D eigenvalue weighted by atomic mass is 10.1. The molecule has 7 heteroatoms. The molecular formula is C17H18F3N3O. The number of amides is 1. The summed E-state index contributed by atoms with van der Waals surface area (Å²) in [7, 11) is 0. The van der Waals surface area contributed by atoms with E-state index in [1.807, 2.05) is 37.3 Å². The van der Waals surface area contributed by atoms with E-state index >= 15 is 0 Å². The lowest BCUT2D eigenvalue weighted by Gasteiger charge is -2.15. The van der Waals surface area contributed by atoms with Crippen molar-refractivity contribution in [2.45, 2.75) is 44.9 Å². The number of fused-ring (bicyclic) bond motifs is 1. The highest BCUT2D eigenvalue weighted by Crippen LogP contribution is 2.36. The molecule has 0 radical (unpaired) electrons. The third-order valence-electron chi connectivity index (χ3n) is 4.25. The molecule has 1 aliphatic carbocycles. The molecule has 0 saturated heterocycles. The Balaban J connectivity index is 1.74. The van der Waals surface area contributed by atoms with Gasteiger partial charge >= 0.3 is 6.18 Å². The van der Waals surface area contributed by atoms with Crippen molar-refractivity contribution < 1.29 is 18.0 Å². The minimum absolute atomic E-state index is 0.199. The van der Waals surface area contributed by atoms with E-state index in [1.54, 1.807) is 0 Å². The summed E-state index contributed by atoms with van der Waals surface area (Å²) in [6.07, 6.45) is -2.92. The average Bonchev–Trinajstić information content (AvgIpc) is 3.11. The summed E-state index contributed by atoms with van der Waals surface area (Å²) in [5.74, 6) is -0.350. The number of carbonyl (C=O) groups excluding carboxylic acids is 1. The second-order valence-corrected chi connectivity index (χ2v) is 5.98. The smallest absolute Gasteiger partial charge is 0.348 e. The fraction of sp³-hybridized carbons (Fsp3) is 0.412. The van der Waals surface area contributed by atoms with Crippen molar-refractivity contribution in [2.75, 3.05) is 0 Å². The van der Waals surface area contributed by atoms with Gasteiger partial charge in [0.2, 0.25) is 5.91 Å². The van der Waals surface area contributed by atoms with Crippen LogP contribution in [0, 0.1) is 0 Å². The van der Waals surface area contributed by atoms with E-state index < -0.39 is 11.9 Å². The highest BCUT2D eigenvalue weighted by Gasteiger charge is 2.40. The van der Waals surface area contributed by atoms with Gasteiger partial charge in [-0.25, -0.2) is 0 Å². The van der Waals surface area contributed by atoms with Crippen molar-refractivity contribution in [1.82, 2.24) is 15.1 Å². The Bertz CT molecular complexity index is 738. The molecule has 0 saturated carbocycles. The van der Waals surface area contributed by atoms with Crippen LogP contribution >= 0.6 is 0 Å². The van der Waals surface area contributed by atoms with Gasteiger partial charge in [0.05, 0.1) is 6.04 Å². The summed E-state index contributed by atoms with van der Waals surface area (Å²) < 4.78 is 40.4. The van der Waals surface area contributed by atoms with Crippen molar-refractivity contribution in [3.63, 3.8) is 0 Å². The SMILES string of the molecule is C[C@@H](NC(=O)Cn1nc(C(F)(F)F)c2c1CCC2)c1ccccc1. The third kappa shape index (κ3) is 3.29. The summed E-state index contributed by atoms with van der Waals surface area (Å²) >= 11 is 0. The number of nitrogens with zero attached hydrogens (tertiary/aromatic N) is 2. The highest BCUT2D eigenvalue weighted by atomic mass is 19.4. The molecule has 3 rings (SSSR count). The second kappa shape index (κ2) is 6.30. The normalized spacial score (nSPS) is 15.2. The zero-order valence-electron chi connectivity index (χ0n) is 13.2. The number of alkyl halides is 3. The van der Waals surface area contributed by atoms with Crippen molar-refractivity contribution in [2.24, 2.45) is 0 Å². The fourth-order valence-electron chi connectivity index (χ4n) is 3.12. The summed E-state index contributed by atoms with van der Waals surface area (Å²) in [5.41, 5.74) is 0.864. The minimum Gasteiger partial charge on any atom is -0.348 e. The van der Waals surface area contributed by atoms with Crippen LogP contribution in [-0.4, -0.2) is 15.7 Å². The van der Waals surface area contributed by atoms with Gasteiger partial charge in [-0.1, -0.05) is 30.3 Å². The number of rotatable bonds is 4. The Morgan fingerprint density at radius 3 is 2.67 bits per heavy atom. The van der Waals surface area contributed by atoms with E-state index in [0.717, 1.165) is 5.56 Å². The zero-order chi connectivity index (χ0) is 17.3. The zero-order valence-corrected chi connectivity index (χ0v) is 13.2. The number of hydrogen-bond acceptors (Lipinski definition) is 2. The Hall–Kier alpha value is -2.31. The number of benzene rings is 1. The van der Waals surface area contributed by atoms with Crippen LogP contribution in [-0.2, 0) is 30.4 Å². The maximum atomic E-state index is 13.0. The maximum Gasteiger partial charge on any atom is 0.435 e. The number of halogens is 3. The predicted octanol–water partition coefficient (Wildman–Crippen LogP) is 3.27. The van der Waals surface area contributed by atoms with Gasteiger partial charge in [0.15, 0.2) is 5.69 Å². The first-order valence-corrected chi connectivity index (χ1v) is 7.86. The molecule has 1 atom stereocenters. The van der Waals surface area contributed by atoms with Gasteiger partial charge in [0.1, 0.15) is 6.54 Å². The van der Waals surface area contributed by atoms with Crippen molar-refractivity contribution in [3.8, 4) is 0 Å². The molecule has 4 nitrogen and oxygen atoms in total. The summed E-state index contributed by atoms with van der Waals surface area (Å²) in [5, 5.41) is 6.46. The van der Waals surface area contributed by atoms with Crippen LogP contribution < -0.4 is 5.32 Å². The molecule has 0 aliphatic heterocycles. The summed E-state index contributed by atoms with van der Waals surface area (Å²) in [4.78, 5) is 12.2. The van der Waals surface area contributed by atoms with Gasteiger partial charge in [0, 0.05) is 11.3 Å². The van der Waals surface area contributed by atoms with Crippen LogP contribution in [0.4, 0.5) is 13.2 Å². The van der Waals surface area contributed by atoms with Crippen LogP contribution in [0.1, 0.15) is 41.9 Å². The van der Waals surface area contributed by atoms with Crippen LogP contribution in [0.25, 0.3) is 0 Å². The van der Waals surface area contributed by atoms with Crippen LogP contribution in [0.15, 0.2) is 30.3 Å². The molecule has 1 aromatic heterocycles. The van der Waals surface area contributed by atoms with Gasteiger partial charge in [-0.3, -0.25) is 9.48 Å². The Morgan fingerprint density at radius 1 is 1.29 bits per heavy atom. The Kier molecular flexibility index (Phi) is 4.34. The molecule has 128 valence electrons. The van der Waals surface area contributed by atoms with Gasteiger partial charge in [-0.05, 0) is 31.7 Å². The third-order valence-corrected chi connectivity index (χ3v) is 4.25. The van der Waals surface area contributed by atoms with E-state index in [4.69, 9.17) is 0 Å². The predicted molar refractivity (Wildman–Crippen MR) is 82.3 cm³/mol. The van der Waals surface area contributed by atoms with Gasteiger partial charge < -0.3 is 5.32 Å². The number of nitrogens with one attached hydrogen (secondary N) is 1. The molecule has 0 fully saturated rings. The Labute approximate surface area is 137 Å². The van der Waals surface area contributed by atoms with Gasteiger partial charge in [0.25, 0.3) is 0 Å². The molecule has 1 aromatic carbocycles. The maximum absolute atomic E-state index is 13.0. The molecule has 1 aliphatic rings. The van der Waals surface area contributed by atoms with Gasteiger partial charge in [-0.15, -0.1) is 0 Å². The van der Waals surface area contributed by atoms with Crippen molar-refractivity contribution in [3.05, 3.63) is 52.8 Å². The second-order valence-electron chi connectivity index (χ2n) is 5.98. The monoisotopic (exact) mass is 337 g/mol. The molecular weight excluding hydrogens is 319 g/mol. The number of aromatic nitrogens is 2. The first-order chi connectivity index (χ1) is 11.4. The Morgan fingerprint density at radius 2 is 2.00 bits per heavy atom. The molecule has 24 heavy (non-hydrogen) atoms. The van der Waals surface area contributed by atoms with E-state index in [9.17, 15) is 18.0 Å². The number of hydrogen-bond donors (Lipinski definition) is 1. The first kappa shape index (κ1) is 16.5. The van der Waals surface area contributed by atoms with Crippen LogP contribution in [0.2, 0.25) is 0 Å². The van der Waals surface area contributed by atoms with Crippen molar-refractivity contribution >= 4 is 5.91 Å². The molecule has 0 spiro atoms. The molecule has 0 unspecified atom stereocenters. The van der Waals surface area contributed by atoms with Crippen molar-refractivity contribution in [1.29, 1.82) is 0 Å². The van der Waals surface area contributed by atoms with E-state index in [2.05, 4.69) is 10.4 Å². The topological polar surface area (TPSA) is 46.9 Å². The molecule has 0 bridgehead atoms. The number of carbonyl (C=O) groups is 1. The van der Waals surface area contributed by atoms with Crippen LogP contribution in [0.5, 0.6) is 0 Å². The standard InChI is InChI=1S/C17H18F3N3O/c1-11(12-6-3-2-4-7-12)21-15(24)10-23-14-9-5-8-13(14)16(22-23)17(18,19)20/h2-4,6-7,11H,5,8-10H2,1H3,(H,21,24)/t11-/m1/s1. The quantitative estimate of drug-likeness (QED) is 0.931. The highest BCUT2D eigenvalue weighted by molar-refractivity contribution is 5.76. The first-order valence-electron chi connectivity index (χ1n) is 7.86. The molecule has 1 N–H and O–H groups in total. The van der Waals surface area contributed by atoms with E-state index in [0.29, 0.717) is 25.0 Å². The minimum atomic E-state index is -4.48. The van der Waals surface area contributed by atoms with E-state index in [-0.39, 0.29) is 24.1 Å². The van der Waals surface area contributed by atoms with E-state index in [1.165, 1.54) is 4.68 Å². The average molecular weight is 337 g/mol. The molecule has 1 amide bonds. The van der Waals surface area contributed by atoms with Gasteiger partial charge in [-0.2, -0.15) is 18.3 Å².